The van der Waals surface area contributed by atoms with Gasteiger partial charge in [-0.25, -0.2) is 9.89 Å². The predicted molar refractivity (Wildman–Crippen MR) is 97.3 cm³/mol. The van der Waals surface area contributed by atoms with Crippen LogP contribution >= 0.6 is 0 Å². The zero-order valence-electron chi connectivity index (χ0n) is 16.5. The number of H-pyrrole nitrogens is 2. The number of aromatic nitrogens is 3. The Bertz CT molecular complexity index is 895. The van der Waals surface area contributed by atoms with E-state index in [0.29, 0.717) is 26.4 Å². The van der Waals surface area contributed by atoms with E-state index in [4.69, 9.17) is 0 Å². The third-order valence-corrected chi connectivity index (χ3v) is 5.31. The van der Waals surface area contributed by atoms with Gasteiger partial charge in [-0.3, -0.25) is 19.4 Å². The lowest BCUT2D eigenvalue weighted by Crippen LogP contribution is -2.56. The number of hydrogen-bond donors (Lipinski definition) is 4. The number of carbonyl (C=O) groups is 2. The Kier molecular flexibility index (Phi) is 7.06. The highest BCUT2D eigenvalue weighted by atomic mass is 19.4. The van der Waals surface area contributed by atoms with Gasteiger partial charge in [-0.2, -0.15) is 18.3 Å². The molecule has 4 N–H and O–H groups in total. The van der Waals surface area contributed by atoms with Crippen LogP contribution in [0.25, 0.3) is 0 Å². The quantitative estimate of drug-likeness (QED) is 0.465. The molecule has 10 nitrogen and oxygen atoms in total. The van der Waals surface area contributed by atoms with Gasteiger partial charge in [0.15, 0.2) is 0 Å². The third-order valence-electron chi connectivity index (χ3n) is 5.31. The number of halogens is 3. The lowest BCUT2D eigenvalue weighted by molar-refractivity contribution is -0.245. The van der Waals surface area contributed by atoms with Crippen molar-refractivity contribution in [3.05, 3.63) is 26.5 Å². The fourth-order valence-electron chi connectivity index (χ4n) is 3.17. The van der Waals surface area contributed by atoms with Crippen LogP contribution in [0, 0.1) is 11.8 Å². The summed E-state index contributed by atoms with van der Waals surface area (Å²) in [5, 5.41) is 17.2. The van der Waals surface area contributed by atoms with Crippen molar-refractivity contribution in [2.24, 2.45) is 11.8 Å². The van der Waals surface area contributed by atoms with Crippen LogP contribution < -0.4 is 16.6 Å². The summed E-state index contributed by atoms with van der Waals surface area (Å²) in [6, 6.07) is 0. The van der Waals surface area contributed by atoms with Crippen LogP contribution in [0.5, 0.6) is 0 Å². The first-order valence-electron chi connectivity index (χ1n) is 9.36. The van der Waals surface area contributed by atoms with Crippen molar-refractivity contribution >= 4 is 11.8 Å². The average molecular weight is 435 g/mol. The van der Waals surface area contributed by atoms with Gasteiger partial charge in [-0.05, 0) is 25.2 Å². The van der Waals surface area contributed by atoms with E-state index in [-0.39, 0.29) is 42.8 Å². The molecule has 1 fully saturated rings. The van der Waals surface area contributed by atoms with E-state index in [9.17, 15) is 37.5 Å². The number of rotatable bonds is 6. The summed E-state index contributed by atoms with van der Waals surface area (Å²) in [5.74, 6) is -2.00. The summed E-state index contributed by atoms with van der Waals surface area (Å²) in [6.45, 7) is 2.84. The molecule has 0 aliphatic carbocycles. The van der Waals surface area contributed by atoms with Crippen molar-refractivity contribution in [2.75, 3.05) is 19.6 Å². The molecule has 2 heterocycles. The molecule has 2 amide bonds. The van der Waals surface area contributed by atoms with Gasteiger partial charge in [0.25, 0.3) is 11.5 Å². The Labute approximate surface area is 168 Å². The normalized spacial score (nSPS) is 21.7. The smallest absolute Gasteiger partial charge is 0.373 e. The van der Waals surface area contributed by atoms with Crippen LogP contribution in [0.15, 0.2) is 9.59 Å². The molecule has 1 saturated heterocycles. The Morgan fingerprint density at radius 2 is 2.00 bits per heavy atom. The molecule has 0 saturated carbocycles. The average Bonchev–Trinajstić information content (AvgIpc) is 2.64. The molecule has 3 atom stereocenters. The number of likely N-dealkylation sites (tertiary alicyclic amines) is 1. The van der Waals surface area contributed by atoms with Crippen LogP contribution in [0.4, 0.5) is 13.2 Å². The Hall–Kier alpha value is -2.70. The molecule has 168 valence electrons. The van der Waals surface area contributed by atoms with Crippen molar-refractivity contribution < 1.29 is 27.9 Å². The summed E-state index contributed by atoms with van der Waals surface area (Å²) >= 11 is 0. The molecular formula is C17H24F3N5O5. The van der Waals surface area contributed by atoms with Gasteiger partial charge in [-0.15, -0.1) is 0 Å². The zero-order valence-corrected chi connectivity index (χ0v) is 16.5. The minimum Gasteiger partial charge on any atom is -0.373 e. The summed E-state index contributed by atoms with van der Waals surface area (Å²) in [5.41, 5.74) is -4.84. The van der Waals surface area contributed by atoms with Gasteiger partial charge in [0.05, 0.1) is 0 Å². The van der Waals surface area contributed by atoms with E-state index in [2.05, 4.69) is 15.5 Å². The third kappa shape index (κ3) is 5.46. The first-order valence-corrected chi connectivity index (χ1v) is 9.36. The molecule has 30 heavy (non-hydrogen) atoms. The topological polar surface area (TPSA) is 148 Å². The van der Waals surface area contributed by atoms with Gasteiger partial charge in [0, 0.05) is 32.5 Å². The van der Waals surface area contributed by atoms with Crippen LogP contribution in [0.1, 0.15) is 32.4 Å². The molecule has 1 aromatic heterocycles. The van der Waals surface area contributed by atoms with Crippen LogP contribution in [-0.4, -0.2) is 68.4 Å². The first-order chi connectivity index (χ1) is 13.8. The first kappa shape index (κ1) is 23.6. The predicted octanol–water partition coefficient (Wildman–Crippen LogP) is -0.695. The minimum atomic E-state index is -5.08. The second-order valence-electron chi connectivity index (χ2n) is 7.60. The van der Waals surface area contributed by atoms with Crippen molar-refractivity contribution in [3.8, 4) is 0 Å². The van der Waals surface area contributed by atoms with E-state index >= 15 is 0 Å². The van der Waals surface area contributed by atoms with Crippen molar-refractivity contribution in [1.29, 1.82) is 0 Å². The van der Waals surface area contributed by atoms with E-state index in [1.807, 2.05) is 11.9 Å². The number of nitrogens with zero attached hydrogens (tertiary/aromatic N) is 2. The number of amides is 2. The molecule has 13 heteroatoms. The number of nitrogens with one attached hydrogen (secondary N) is 3. The highest BCUT2D eigenvalue weighted by Crippen LogP contribution is 2.30. The molecule has 0 radical (unpaired) electrons. The van der Waals surface area contributed by atoms with Crippen LogP contribution in [0.3, 0.4) is 0 Å². The second kappa shape index (κ2) is 8.98. The van der Waals surface area contributed by atoms with Gasteiger partial charge in [0.1, 0.15) is 5.69 Å². The number of carbonyl (C=O) groups excluding carboxylic acids is 2. The maximum absolute atomic E-state index is 12.7. The van der Waals surface area contributed by atoms with E-state index < -0.39 is 28.9 Å². The Morgan fingerprint density at radius 3 is 2.57 bits per heavy atom. The zero-order chi connectivity index (χ0) is 22.7. The molecule has 3 unspecified atom stereocenters. The van der Waals surface area contributed by atoms with Gasteiger partial charge in [0.2, 0.25) is 11.5 Å². The van der Waals surface area contributed by atoms with E-state index in [1.54, 1.807) is 4.90 Å². The monoisotopic (exact) mass is 435 g/mol. The number of hydrogen-bond acceptors (Lipinski definition) is 6. The number of aromatic amines is 2. The molecule has 0 bridgehead atoms. The van der Waals surface area contributed by atoms with Crippen molar-refractivity contribution in [2.45, 2.75) is 44.9 Å². The van der Waals surface area contributed by atoms with Gasteiger partial charge >= 0.3 is 11.9 Å². The molecule has 0 spiro atoms. The lowest BCUT2D eigenvalue weighted by atomic mass is 9.86. The molecule has 1 aliphatic rings. The Balaban J connectivity index is 1.84. The minimum absolute atomic E-state index is 0.00466. The molecule has 1 aromatic rings. The molecule has 1 aliphatic heterocycles. The fraction of sp³-hybridized carbons (Fsp3) is 0.706. The molecule has 0 aromatic carbocycles. The maximum atomic E-state index is 12.7. The summed E-state index contributed by atoms with van der Waals surface area (Å²) in [4.78, 5) is 50.2. The fourth-order valence-corrected chi connectivity index (χ4v) is 3.17. The summed E-state index contributed by atoms with van der Waals surface area (Å²) in [6.07, 6.45) is -4.58. The number of aliphatic hydroxyl groups is 1. The number of aryl methyl sites for hydroxylation is 1. The SMILES string of the molecule is CC1CN(C(=O)CCc2n[nH]c(=O)[nH]c2=O)CCC1CNC(=O)C(C)(O)C(F)(F)F. The second-order valence-corrected chi connectivity index (χ2v) is 7.60. The lowest BCUT2D eigenvalue weighted by Gasteiger charge is -2.37. The van der Waals surface area contributed by atoms with Crippen LogP contribution in [0.2, 0.25) is 0 Å². The Morgan fingerprint density at radius 1 is 1.33 bits per heavy atom. The molecular weight excluding hydrogens is 411 g/mol. The summed E-state index contributed by atoms with van der Waals surface area (Å²) in [7, 11) is 0. The standard InChI is InChI=1S/C17H24F3N5O5/c1-9-8-25(12(26)4-3-11-13(27)22-15(29)24-23-11)6-5-10(9)7-21-14(28)16(2,30)17(18,19)20/h9-10,30H,3-8H2,1-2H3,(H,21,28)(H2,22,24,27,29). The highest BCUT2D eigenvalue weighted by Gasteiger charge is 2.55. The largest absolute Gasteiger partial charge is 0.426 e. The van der Waals surface area contributed by atoms with E-state index in [0.717, 1.165) is 0 Å². The number of alkyl halides is 3. The van der Waals surface area contributed by atoms with E-state index in [1.165, 1.54) is 0 Å². The molecule has 2 rings (SSSR count). The van der Waals surface area contributed by atoms with Crippen molar-refractivity contribution in [3.63, 3.8) is 0 Å². The maximum Gasteiger partial charge on any atom is 0.426 e. The number of piperidine rings is 1. The van der Waals surface area contributed by atoms with Gasteiger partial charge in [-0.1, -0.05) is 6.92 Å². The summed E-state index contributed by atoms with van der Waals surface area (Å²) < 4.78 is 38.1. The van der Waals surface area contributed by atoms with Crippen LogP contribution in [-0.2, 0) is 16.0 Å². The highest BCUT2D eigenvalue weighted by molar-refractivity contribution is 5.85. The van der Waals surface area contributed by atoms with Gasteiger partial charge < -0.3 is 15.3 Å². The van der Waals surface area contributed by atoms with Crippen molar-refractivity contribution in [1.82, 2.24) is 25.4 Å².